The van der Waals surface area contributed by atoms with Crippen LogP contribution in [0.3, 0.4) is 0 Å². The Morgan fingerprint density at radius 1 is 1.47 bits per heavy atom. The van der Waals surface area contributed by atoms with Gasteiger partial charge >= 0.3 is 0 Å². The Bertz CT molecular complexity index is 429. The molecule has 104 valence electrons. The lowest BCUT2D eigenvalue weighted by Gasteiger charge is -2.27. The van der Waals surface area contributed by atoms with Crippen molar-refractivity contribution in [2.24, 2.45) is 5.92 Å². The van der Waals surface area contributed by atoms with E-state index in [1.807, 2.05) is 25.1 Å². The topological polar surface area (TPSA) is 58.6 Å². The minimum Gasteiger partial charge on any atom is -0.490 e. The van der Waals surface area contributed by atoms with Gasteiger partial charge in [-0.1, -0.05) is 19.1 Å². The molecule has 0 spiro atoms. The van der Waals surface area contributed by atoms with Gasteiger partial charge in [-0.3, -0.25) is 4.79 Å². The van der Waals surface area contributed by atoms with Gasteiger partial charge in [-0.2, -0.15) is 0 Å². The van der Waals surface area contributed by atoms with Crippen LogP contribution in [0.25, 0.3) is 0 Å². The van der Waals surface area contributed by atoms with Gasteiger partial charge in [0.05, 0.1) is 11.7 Å². The molecule has 0 heterocycles. The Kier molecular flexibility index (Phi) is 4.80. The third-order valence-corrected chi connectivity index (χ3v) is 3.40. The third kappa shape index (κ3) is 3.70. The molecular weight excluding hydrogens is 242 g/mol. The Morgan fingerprint density at radius 2 is 2.21 bits per heavy atom. The predicted octanol–water partition coefficient (Wildman–Crippen LogP) is 1.98. The first-order chi connectivity index (χ1) is 9.20. The van der Waals surface area contributed by atoms with E-state index in [4.69, 9.17) is 9.84 Å². The van der Waals surface area contributed by atoms with Gasteiger partial charge in [0, 0.05) is 13.2 Å². The SMILES string of the molecule is CC(CO)CNC(=O)c1ccccc1OC1CCC1. The monoisotopic (exact) mass is 263 g/mol. The van der Waals surface area contributed by atoms with Crippen LogP contribution in [-0.2, 0) is 0 Å². The van der Waals surface area contributed by atoms with E-state index in [0.717, 1.165) is 12.8 Å². The number of aliphatic hydroxyl groups excluding tert-OH is 1. The summed E-state index contributed by atoms with van der Waals surface area (Å²) in [5.74, 6) is 0.570. The zero-order valence-electron chi connectivity index (χ0n) is 11.3. The fourth-order valence-electron chi connectivity index (χ4n) is 1.85. The number of hydrogen-bond acceptors (Lipinski definition) is 3. The Morgan fingerprint density at radius 3 is 2.84 bits per heavy atom. The Hall–Kier alpha value is -1.55. The van der Waals surface area contributed by atoms with Crippen LogP contribution >= 0.6 is 0 Å². The molecule has 1 aliphatic carbocycles. The van der Waals surface area contributed by atoms with E-state index >= 15 is 0 Å². The fourth-order valence-corrected chi connectivity index (χ4v) is 1.85. The summed E-state index contributed by atoms with van der Waals surface area (Å²) in [6, 6.07) is 7.31. The molecule has 2 rings (SSSR count). The zero-order valence-corrected chi connectivity index (χ0v) is 11.3. The maximum atomic E-state index is 12.1. The summed E-state index contributed by atoms with van der Waals surface area (Å²) >= 11 is 0. The summed E-state index contributed by atoms with van der Waals surface area (Å²) in [4.78, 5) is 12.1. The summed E-state index contributed by atoms with van der Waals surface area (Å²) < 4.78 is 5.83. The van der Waals surface area contributed by atoms with E-state index in [-0.39, 0.29) is 24.5 Å². The summed E-state index contributed by atoms with van der Waals surface area (Å²) in [6.07, 6.45) is 3.59. The number of aliphatic hydroxyl groups is 1. The molecule has 19 heavy (non-hydrogen) atoms. The molecule has 1 aromatic carbocycles. The van der Waals surface area contributed by atoms with E-state index < -0.39 is 0 Å². The van der Waals surface area contributed by atoms with Crippen molar-refractivity contribution < 1.29 is 14.6 Å². The molecule has 0 aliphatic heterocycles. The smallest absolute Gasteiger partial charge is 0.255 e. The molecule has 0 aromatic heterocycles. The van der Waals surface area contributed by atoms with Gasteiger partial charge in [-0.25, -0.2) is 0 Å². The van der Waals surface area contributed by atoms with Crippen LogP contribution in [0.1, 0.15) is 36.5 Å². The number of ether oxygens (including phenoxy) is 1. The highest BCUT2D eigenvalue weighted by Gasteiger charge is 2.21. The lowest BCUT2D eigenvalue weighted by atomic mass is 9.96. The summed E-state index contributed by atoms with van der Waals surface area (Å²) in [5.41, 5.74) is 0.569. The predicted molar refractivity (Wildman–Crippen MR) is 73.3 cm³/mol. The van der Waals surface area contributed by atoms with Crippen molar-refractivity contribution in [3.63, 3.8) is 0 Å². The van der Waals surface area contributed by atoms with Gasteiger partial charge < -0.3 is 15.2 Å². The number of hydrogen-bond donors (Lipinski definition) is 2. The maximum absolute atomic E-state index is 12.1. The highest BCUT2D eigenvalue weighted by Crippen LogP contribution is 2.27. The van der Waals surface area contributed by atoms with E-state index in [1.165, 1.54) is 6.42 Å². The minimum absolute atomic E-state index is 0.0589. The molecule has 1 aliphatic rings. The molecule has 2 N–H and O–H groups in total. The van der Waals surface area contributed by atoms with Crippen LogP contribution in [0, 0.1) is 5.92 Å². The fraction of sp³-hybridized carbons (Fsp3) is 0.533. The van der Waals surface area contributed by atoms with Crippen LogP contribution in [0.15, 0.2) is 24.3 Å². The first kappa shape index (κ1) is 13.9. The number of carbonyl (C=O) groups is 1. The molecule has 1 unspecified atom stereocenters. The molecule has 1 aromatic rings. The lowest BCUT2D eigenvalue weighted by Crippen LogP contribution is -2.31. The highest BCUT2D eigenvalue weighted by molar-refractivity contribution is 5.96. The standard InChI is InChI=1S/C15H21NO3/c1-11(10-17)9-16-15(18)13-7-2-3-8-14(13)19-12-5-4-6-12/h2-3,7-8,11-12,17H,4-6,9-10H2,1H3,(H,16,18). The second kappa shape index (κ2) is 6.57. The first-order valence-corrected chi connectivity index (χ1v) is 6.85. The van der Waals surface area contributed by atoms with Gasteiger partial charge in [-0.15, -0.1) is 0 Å². The lowest BCUT2D eigenvalue weighted by molar-refractivity contribution is 0.0917. The van der Waals surface area contributed by atoms with Gasteiger partial charge in [0.15, 0.2) is 0 Å². The van der Waals surface area contributed by atoms with Crippen molar-refractivity contribution in [2.75, 3.05) is 13.2 Å². The average molecular weight is 263 g/mol. The summed E-state index contributed by atoms with van der Waals surface area (Å²) in [5, 5.41) is 11.8. The van der Waals surface area contributed by atoms with Crippen molar-refractivity contribution in [3.8, 4) is 5.75 Å². The van der Waals surface area contributed by atoms with Crippen molar-refractivity contribution in [1.29, 1.82) is 0 Å². The summed E-state index contributed by atoms with van der Waals surface area (Å²) in [6.45, 7) is 2.42. The molecule has 0 saturated heterocycles. The van der Waals surface area contributed by atoms with Crippen LogP contribution < -0.4 is 10.1 Å². The number of amides is 1. The zero-order chi connectivity index (χ0) is 13.7. The average Bonchev–Trinajstić information content (AvgIpc) is 2.40. The first-order valence-electron chi connectivity index (χ1n) is 6.85. The van der Waals surface area contributed by atoms with Gasteiger partial charge in [0.2, 0.25) is 0 Å². The van der Waals surface area contributed by atoms with E-state index in [9.17, 15) is 4.79 Å². The molecule has 1 atom stereocenters. The van der Waals surface area contributed by atoms with Gasteiger partial charge in [0.25, 0.3) is 5.91 Å². The van der Waals surface area contributed by atoms with Crippen LogP contribution in [0.2, 0.25) is 0 Å². The van der Waals surface area contributed by atoms with Gasteiger partial charge in [0.1, 0.15) is 5.75 Å². The van der Waals surface area contributed by atoms with Crippen molar-refractivity contribution in [3.05, 3.63) is 29.8 Å². The van der Waals surface area contributed by atoms with Gasteiger partial charge in [-0.05, 0) is 37.3 Å². The molecule has 1 amide bonds. The highest BCUT2D eigenvalue weighted by atomic mass is 16.5. The number of nitrogens with one attached hydrogen (secondary N) is 1. The third-order valence-electron chi connectivity index (χ3n) is 3.40. The minimum atomic E-state index is -0.143. The molecule has 4 nitrogen and oxygen atoms in total. The molecule has 1 saturated carbocycles. The molecule has 4 heteroatoms. The maximum Gasteiger partial charge on any atom is 0.255 e. The Balaban J connectivity index is 1.99. The quantitative estimate of drug-likeness (QED) is 0.825. The van der Waals surface area contributed by atoms with E-state index in [0.29, 0.717) is 17.9 Å². The van der Waals surface area contributed by atoms with Crippen LogP contribution in [0.4, 0.5) is 0 Å². The second-order valence-electron chi connectivity index (χ2n) is 5.16. The van der Waals surface area contributed by atoms with Crippen LogP contribution in [0.5, 0.6) is 5.75 Å². The molecule has 0 bridgehead atoms. The molecular formula is C15H21NO3. The number of para-hydroxylation sites is 1. The summed E-state index contributed by atoms with van der Waals surface area (Å²) in [7, 11) is 0. The second-order valence-corrected chi connectivity index (χ2v) is 5.16. The van der Waals surface area contributed by atoms with Crippen molar-refractivity contribution in [1.82, 2.24) is 5.32 Å². The normalized spacial score (nSPS) is 16.5. The van der Waals surface area contributed by atoms with Crippen molar-refractivity contribution in [2.45, 2.75) is 32.3 Å². The molecule has 0 radical (unpaired) electrons. The van der Waals surface area contributed by atoms with Crippen LogP contribution in [-0.4, -0.2) is 30.3 Å². The molecule has 1 fully saturated rings. The number of benzene rings is 1. The number of rotatable bonds is 6. The Labute approximate surface area is 113 Å². The largest absolute Gasteiger partial charge is 0.490 e. The van der Waals surface area contributed by atoms with E-state index in [2.05, 4.69) is 5.32 Å². The van der Waals surface area contributed by atoms with E-state index in [1.54, 1.807) is 6.07 Å². The van der Waals surface area contributed by atoms with Crippen molar-refractivity contribution >= 4 is 5.91 Å². The number of carbonyl (C=O) groups excluding carboxylic acids is 1.